The summed E-state index contributed by atoms with van der Waals surface area (Å²) in [6, 6.07) is 16.8. The van der Waals surface area contributed by atoms with Crippen LogP contribution in [0.1, 0.15) is 15.7 Å². The van der Waals surface area contributed by atoms with E-state index in [1.165, 1.54) is 11.3 Å². The van der Waals surface area contributed by atoms with Crippen molar-refractivity contribution in [1.29, 1.82) is 0 Å². The number of hydrogen-bond acceptors (Lipinski definition) is 7. The van der Waals surface area contributed by atoms with Crippen molar-refractivity contribution in [3.63, 3.8) is 0 Å². The standard InChI is InChI=1S/C17H12N4O3S/c22-15(16-18-12-8-4-5-9-13(12)25-16)19-17-21-20-14(24-17)10-23-11-6-2-1-3-7-11/h1-9H,10H2,(H,19,21,22). The molecule has 0 unspecified atom stereocenters. The van der Waals surface area contributed by atoms with E-state index in [1.807, 2.05) is 54.6 Å². The molecule has 0 spiro atoms. The number of anilines is 1. The SMILES string of the molecule is O=C(Nc1nnc(COc2ccccc2)o1)c1nc2ccccc2s1. The normalized spacial score (nSPS) is 10.7. The quantitative estimate of drug-likeness (QED) is 0.591. The smallest absolute Gasteiger partial charge is 0.322 e. The predicted molar refractivity (Wildman–Crippen MR) is 92.6 cm³/mol. The third-order valence-corrected chi connectivity index (χ3v) is 4.32. The minimum Gasteiger partial charge on any atom is -0.484 e. The van der Waals surface area contributed by atoms with E-state index >= 15 is 0 Å². The number of carbonyl (C=O) groups excluding carboxylic acids is 1. The molecule has 8 heteroatoms. The predicted octanol–water partition coefficient (Wildman–Crippen LogP) is 3.51. The topological polar surface area (TPSA) is 90.1 Å². The van der Waals surface area contributed by atoms with Crippen LogP contribution in [0.4, 0.5) is 6.01 Å². The van der Waals surface area contributed by atoms with Crippen molar-refractivity contribution in [2.45, 2.75) is 6.61 Å². The molecule has 0 bridgehead atoms. The fourth-order valence-electron chi connectivity index (χ4n) is 2.14. The van der Waals surface area contributed by atoms with Crippen molar-refractivity contribution in [2.24, 2.45) is 0 Å². The molecule has 25 heavy (non-hydrogen) atoms. The summed E-state index contributed by atoms with van der Waals surface area (Å²) in [5, 5.41) is 10.5. The number of nitrogens with one attached hydrogen (secondary N) is 1. The molecule has 1 amide bonds. The average Bonchev–Trinajstić information content (AvgIpc) is 3.27. The van der Waals surface area contributed by atoms with E-state index in [4.69, 9.17) is 9.15 Å². The summed E-state index contributed by atoms with van der Waals surface area (Å²) < 4.78 is 11.8. The molecule has 7 nitrogen and oxygen atoms in total. The fourth-order valence-corrected chi connectivity index (χ4v) is 3.01. The third kappa shape index (κ3) is 3.48. The summed E-state index contributed by atoms with van der Waals surface area (Å²) in [7, 11) is 0. The lowest BCUT2D eigenvalue weighted by Crippen LogP contribution is -2.11. The molecule has 2 heterocycles. The first-order chi connectivity index (χ1) is 12.3. The van der Waals surface area contributed by atoms with E-state index in [9.17, 15) is 4.79 Å². The van der Waals surface area contributed by atoms with Gasteiger partial charge in [0.15, 0.2) is 11.6 Å². The maximum atomic E-state index is 12.3. The largest absolute Gasteiger partial charge is 0.484 e. The third-order valence-electron chi connectivity index (χ3n) is 3.28. The summed E-state index contributed by atoms with van der Waals surface area (Å²) in [6.45, 7) is 0.119. The van der Waals surface area contributed by atoms with Crippen LogP contribution in [0.15, 0.2) is 59.0 Å². The first-order valence-corrected chi connectivity index (χ1v) is 8.27. The Morgan fingerprint density at radius 1 is 1.08 bits per heavy atom. The van der Waals surface area contributed by atoms with Crippen molar-refractivity contribution in [2.75, 3.05) is 5.32 Å². The van der Waals surface area contributed by atoms with E-state index in [0.717, 1.165) is 10.2 Å². The number of ether oxygens (including phenoxy) is 1. The van der Waals surface area contributed by atoms with Crippen LogP contribution in [0.2, 0.25) is 0 Å². The van der Waals surface area contributed by atoms with Gasteiger partial charge in [-0.3, -0.25) is 10.1 Å². The average molecular weight is 352 g/mol. The van der Waals surface area contributed by atoms with Gasteiger partial charge in [0, 0.05) is 0 Å². The number of thiazole rings is 1. The molecular weight excluding hydrogens is 340 g/mol. The van der Waals surface area contributed by atoms with Gasteiger partial charge in [0.25, 0.3) is 11.8 Å². The number of fused-ring (bicyclic) bond motifs is 1. The number of benzene rings is 2. The molecule has 4 rings (SSSR count). The van der Waals surface area contributed by atoms with Gasteiger partial charge in [0.2, 0.25) is 0 Å². The van der Waals surface area contributed by atoms with Crippen molar-refractivity contribution >= 4 is 33.5 Å². The summed E-state index contributed by atoms with van der Waals surface area (Å²) in [5.74, 6) is 0.574. The number of rotatable bonds is 5. The zero-order valence-corrected chi connectivity index (χ0v) is 13.7. The van der Waals surface area contributed by atoms with Gasteiger partial charge in [-0.25, -0.2) is 4.98 Å². The number of nitrogens with zero attached hydrogens (tertiary/aromatic N) is 3. The molecule has 2 aromatic heterocycles. The minimum atomic E-state index is -0.389. The highest BCUT2D eigenvalue weighted by atomic mass is 32.1. The van der Waals surface area contributed by atoms with Crippen LogP contribution in [0.5, 0.6) is 5.75 Å². The van der Waals surface area contributed by atoms with Crippen LogP contribution < -0.4 is 10.1 Å². The Morgan fingerprint density at radius 3 is 2.72 bits per heavy atom. The van der Waals surface area contributed by atoms with E-state index < -0.39 is 0 Å². The number of hydrogen-bond donors (Lipinski definition) is 1. The molecule has 0 aliphatic carbocycles. The monoisotopic (exact) mass is 352 g/mol. The van der Waals surface area contributed by atoms with Crippen molar-refractivity contribution in [1.82, 2.24) is 15.2 Å². The molecule has 0 saturated carbocycles. The molecule has 0 radical (unpaired) electrons. The van der Waals surface area contributed by atoms with Crippen LogP contribution in [0.25, 0.3) is 10.2 Å². The van der Waals surface area contributed by atoms with Gasteiger partial charge in [-0.05, 0) is 24.3 Å². The molecule has 2 aromatic carbocycles. The van der Waals surface area contributed by atoms with Crippen LogP contribution in [-0.2, 0) is 6.61 Å². The Bertz CT molecular complexity index is 980. The number of amides is 1. The molecule has 0 saturated heterocycles. The second kappa shape index (κ2) is 6.70. The molecule has 0 atom stereocenters. The van der Waals surface area contributed by atoms with Crippen LogP contribution >= 0.6 is 11.3 Å². The number of carbonyl (C=O) groups is 1. The summed E-state index contributed by atoms with van der Waals surface area (Å²) in [5.41, 5.74) is 0.778. The van der Waals surface area contributed by atoms with Crippen molar-refractivity contribution < 1.29 is 13.9 Å². The highest BCUT2D eigenvalue weighted by Crippen LogP contribution is 2.22. The van der Waals surface area contributed by atoms with Gasteiger partial charge < -0.3 is 9.15 Å². The van der Waals surface area contributed by atoms with E-state index in [1.54, 1.807) is 0 Å². The summed E-state index contributed by atoms with van der Waals surface area (Å²) in [6.07, 6.45) is 0. The first-order valence-electron chi connectivity index (χ1n) is 7.45. The Kier molecular flexibility index (Phi) is 4.09. The zero-order chi connectivity index (χ0) is 17.1. The van der Waals surface area contributed by atoms with Crippen molar-refractivity contribution in [3.8, 4) is 5.75 Å². The number of aromatic nitrogens is 3. The van der Waals surface area contributed by atoms with E-state index in [0.29, 0.717) is 10.8 Å². The fraction of sp³-hybridized carbons (Fsp3) is 0.0588. The summed E-state index contributed by atoms with van der Waals surface area (Å²) in [4.78, 5) is 16.5. The lowest BCUT2D eigenvalue weighted by Gasteiger charge is -2.01. The maximum Gasteiger partial charge on any atom is 0.322 e. The lowest BCUT2D eigenvalue weighted by molar-refractivity contribution is 0.102. The molecule has 0 aliphatic rings. The highest BCUT2D eigenvalue weighted by Gasteiger charge is 2.15. The number of para-hydroxylation sites is 2. The molecule has 124 valence electrons. The van der Waals surface area contributed by atoms with Crippen LogP contribution in [0, 0.1) is 0 Å². The Hall–Kier alpha value is -3.26. The van der Waals surface area contributed by atoms with Gasteiger partial charge in [-0.1, -0.05) is 35.4 Å². The van der Waals surface area contributed by atoms with Gasteiger partial charge in [0.05, 0.1) is 10.2 Å². The molecule has 1 N–H and O–H groups in total. The molecular formula is C17H12N4O3S. The zero-order valence-electron chi connectivity index (χ0n) is 12.9. The second-order valence-electron chi connectivity index (χ2n) is 5.04. The molecule has 4 aromatic rings. The van der Waals surface area contributed by atoms with Crippen molar-refractivity contribution in [3.05, 3.63) is 65.5 Å². The first kappa shape index (κ1) is 15.3. The van der Waals surface area contributed by atoms with Gasteiger partial charge in [-0.15, -0.1) is 16.4 Å². The van der Waals surface area contributed by atoms with E-state index in [2.05, 4.69) is 20.5 Å². The van der Waals surface area contributed by atoms with Gasteiger partial charge >= 0.3 is 6.01 Å². The molecule has 0 fully saturated rings. The lowest BCUT2D eigenvalue weighted by atomic mass is 10.3. The highest BCUT2D eigenvalue weighted by molar-refractivity contribution is 7.20. The van der Waals surface area contributed by atoms with Gasteiger partial charge in [-0.2, -0.15) is 0 Å². The van der Waals surface area contributed by atoms with Crippen LogP contribution in [0.3, 0.4) is 0 Å². The Morgan fingerprint density at radius 2 is 1.88 bits per heavy atom. The van der Waals surface area contributed by atoms with Crippen LogP contribution in [-0.4, -0.2) is 21.1 Å². The molecule has 0 aliphatic heterocycles. The summed E-state index contributed by atoms with van der Waals surface area (Å²) >= 11 is 1.30. The Balaban J connectivity index is 1.41. The maximum absolute atomic E-state index is 12.3. The minimum absolute atomic E-state index is 0.0101. The second-order valence-corrected chi connectivity index (χ2v) is 6.07. The van der Waals surface area contributed by atoms with Gasteiger partial charge in [0.1, 0.15) is 5.75 Å². The van der Waals surface area contributed by atoms with E-state index in [-0.39, 0.29) is 24.4 Å². The Labute approximate surface area is 146 Å².